The van der Waals surface area contributed by atoms with Crippen molar-refractivity contribution in [2.75, 3.05) is 39.3 Å². The van der Waals surface area contributed by atoms with Crippen LogP contribution in [-0.2, 0) is 17.7 Å². The van der Waals surface area contributed by atoms with Crippen LogP contribution >= 0.6 is 0 Å². The molecular formula is C23H40N4O2. The van der Waals surface area contributed by atoms with Crippen molar-refractivity contribution >= 4 is 5.96 Å². The molecule has 1 aliphatic rings. The molecule has 1 aromatic carbocycles. The van der Waals surface area contributed by atoms with Crippen LogP contribution in [0.5, 0.6) is 0 Å². The van der Waals surface area contributed by atoms with E-state index in [1.54, 1.807) is 0 Å². The summed E-state index contributed by atoms with van der Waals surface area (Å²) in [6.07, 6.45) is 1.77. The van der Waals surface area contributed by atoms with Crippen molar-refractivity contribution < 1.29 is 9.84 Å². The molecule has 6 nitrogen and oxygen atoms in total. The van der Waals surface area contributed by atoms with Crippen molar-refractivity contribution in [2.24, 2.45) is 10.9 Å². The van der Waals surface area contributed by atoms with Gasteiger partial charge in [-0.15, -0.1) is 0 Å². The van der Waals surface area contributed by atoms with Crippen molar-refractivity contribution in [3.8, 4) is 0 Å². The number of ether oxygens (including phenoxy) is 1. The average molecular weight is 405 g/mol. The Morgan fingerprint density at radius 1 is 1.21 bits per heavy atom. The van der Waals surface area contributed by atoms with Crippen LogP contribution in [0.2, 0.25) is 0 Å². The van der Waals surface area contributed by atoms with Gasteiger partial charge in [0.1, 0.15) is 0 Å². The molecular weight excluding hydrogens is 364 g/mol. The number of fused-ring (bicyclic) bond motifs is 1. The fourth-order valence-electron chi connectivity index (χ4n) is 3.76. The molecule has 0 saturated heterocycles. The third kappa shape index (κ3) is 8.33. The first kappa shape index (κ1) is 23.6. The number of aliphatic hydroxyl groups excluding tert-OH is 1. The maximum Gasteiger partial charge on any atom is 0.191 e. The topological polar surface area (TPSA) is 69.1 Å². The Bertz CT molecular complexity index is 621. The Morgan fingerprint density at radius 3 is 2.66 bits per heavy atom. The molecule has 0 amide bonds. The number of guanidine groups is 1. The lowest BCUT2D eigenvalue weighted by Gasteiger charge is -2.30. The van der Waals surface area contributed by atoms with Crippen molar-refractivity contribution in [1.29, 1.82) is 0 Å². The summed E-state index contributed by atoms with van der Waals surface area (Å²) >= 11 is 0. The molecule has 0 saturated carbocycles. The lowest BCUT2D eigenvalue weighted by atomic mass is 10.00. The Hall–Kier alpha value is -1.63. The molecule has 2 rings (SSSR count). The van der Waals surface area contributed by atoms with Gasteiger partial charge in [-0.05, 0) is 43.7 Å². The highest BCUT2D eigenvalue weighted by Gasteiger charge is 2.18. The molecule has 2 unspecified atom stereocenters. The van der Waals surface area contributed by atoms with Gasteiger partial charge in [0, 0.05) is 39.3 Å². The molecule has 0 aliphatic carbocycles. The minimum atomic E-state index is -0.470. The van der Waals surface area contributed by atoms with Gasteiger partial charge in [0.15, 0.2) is 5.96 Å². The van der Waals surface area contributed by atoms with Crippen LogP contribution in [0.3, 0.4) is 0 Å². The summed E-state index contributed by atoms with van der Waals surface area (Å²) in [5, 5.41) is 17.1. The summed E-state index contributed by atoms with van der Waals surface area (Å²) in [5.74, 6) is 1.25. The van der Waals surface area contributed by atoms with Gasteiger partial charge in [0.05, 0.1) is 18.8 Å². The molecule has 0 spiro atoms. The maximum absolute atomic E-state index is 10.5. The van der Waals surface area contributed by atoms with Gasteiger partial charge in [0.2, 0.25) is 0 Å². The molecule has 2 atom stereocenters. The number of β-amino-alcohol motifs (C(OH)–C–C–N with tert-alkyl or cyclic N) is 1. The molecule has 1 heterocycles. The highest BCUT2D eigenvalue weighted by atomic mass is 16.5. The van der Waals surface area contributed by atoms with E-state index in [0.29, 0.717) is 19.0 Å². The van der Waals surface area contributed by atoms with E-state index in [1.165, 1.54) is 11.1 Å². The number of rotatable bonds is 11. The number of nitrogens with zero attached hydrogens (tertiary/aromatic N) is 2. The lowest BCUT2D eigenvalue weighted by Crippen LogP contribution is -2.41. The zero-order valence-corrected chi connectivity index (χ0v) is 18.7. The molecule has 0 radical (unpaired) electrons. The number of hydrogen-bond acceptors (Lipinski definition) is 4. The monoisotopic (exact) mass is 404 g/mol. The quantitative estimate of drug-likeness (QED) is 0.390. The zero-order chi connectivity index (χ0) is 21.1. The molecule has 3 N–H and O–H groups in total. The van der Waals surface area contributed by atoms with Crippen molar-refractivity contribution in [1.82, 2.24) is 15.5 Å². The largest absolute Gasteiger partial charge is 0.390 e. The van der Waals surface area contributed by atoms with Gasteiger partial charge in [-0.2, -0.15) is 0 Å². The van der Waals surface area contributed by atoms with Crippen LogP contribution in [0.15, 0.2) is 29.3 Å². The second-order valence-corrected chi connectivity index (χ2v) is 8.08. The van der Waals surface area contributed by atoms with Crippen LogP contribution in [-0.4, -0.2) is 67.5 Å². The van der Waals surface area contributed by atoms with Crippen LogP contribution in [0.4, 0.5) is 0 Å². The summed E-state index contributed by atoms with van der Waals surface area (Å²) in [7, 11) is 0. The number of benzene rings is 1. The summed E-state index contributed by atoms with van der Waals surface area (Å²) in [4.78, 5) is 6.91. The standard InChI is InChI=1S/C23H40N4O2/c1-5-24-23(25-13-11-22(18(3)4)29-6-2)26-15-21(28)17-27-14-12-19-9-7-8-10-20(19)16-27/h7-10,18,21-22,28H,5-6,11-17H2,1-4H3,(H2,24,25,26). The zero-order valence-electron chi connectivity index (χ0n) is 18.7. The fourth-order valence-corrected chi connectivity index (χ4v) is 3.76. The van der Waals surface area contributed by atoms with E-state index in [4.69, 9.17) is 4.74 Å². The summed E-state index contributed by atoms with van der Waals surface area (Å²) < 4.78 is 5.81. The Balaban J connectivity index is 1.78. The minimum Gasteiger partial charge on any atom is -0.390 e. The van der Waals surface area contributed by atoms with Gasteiger partial charge < -0.3 is 20.5 Å². The molecule has 164 valence electrons. The van der Waals surface area contributed by atoms with E-state index in [1.807, 2.05) is 6.92 Å². The van der Waals surface area contributed by atoms with Crippen LogP contribution in [0, 0.1) is 5.92 Å². The third-order valence-electron chi connectivity index (χ3n) is 5.33. The van der Waals surface area contributed by atoms with Gasteiger partial charge >= 0.3 is 0 Å². The average Bonchev–Trinajstić information content (AvgIpc) is 2.71. The molecule has 1 aromatic rings. The van der Waals surface area contributed by atoms with Crippen molar-refractivity contribution in [2.45, 2.75) is 59.3 Å². The van der Waals surface area contributed by atoms with Gasteiger partial charge in [-0.25, -0.2) is 0 Å². The highest BCUT2D eigenvalue weighted by Crippen LogP contribution is 2.18. The SMILES string of the molecule is CCNC(=NCC(O)CN1CCc2ccccc2C1)NCCC(OCC)C(C)C. The lowest BCUT2D eigenvalue weighted by molar-refractivity contribution is 0.0258. The van der Waals surface area contributed by atoms with E-state index in [-0.39, 0.29) is 6.10 Å². The van der Waals surface area contributed by atoms with E-state index in [0.717, 1.165) is 51.6 Å². The minimum absolute atomic E-state index is 0.253. The molecule has 1 aliphatic heterocycles. The highest BCUT2D eigenvalue weighted by molar-refractivity contribution is 5.79. The van der Waals surface area contributed by atoms with Gasteiger partial charge in [-0.1, -0.05) is 38.1 Å². The van der Waals surface area contributed by atoms with Crippen molar-refractivity contribution in [3.63, 3.8) is 0 Å². The smallest absolute Gasteiger partial charge is 0.191 e. The Morgan fingerprint density at radius 2 is 1.97 bits per heavy atom. The number of nitrogens with one attached hydrogen (secondary N) is 2. The summed E-state index contributed by atoms with van der Waals surface area (Å²) in [5.41, 5.74) is 2.81. The molecule has 29 heavy (non-hydrogen) atoms. The van der Waals surface area contributed by atoms with Gasteiger partial charge in [0.25, 0.3) is 0 Å². The van der Waals surface area contributed by atoms with E-state index < -0.39 is 6.10 Å². The van der Waals surface area contributed by atoms with E-state index in [2.05, 4.69) is 65.6 Å². The first-order chi connectivity index (χ1) is 14.0. The predicted molar refractivity (Wildman–Crippen MR) is 120 cm³/mol. The second kappa shape index (κ2) is 12.8. The number of hydrogen-bond donors (Lipinski definition) is 3. The number of aliphatic hydroxyl groups is 1. The third-order valence-corrected chi connectivity index (χ3v) is 5.33. The van der Waals surface area contributed by atoms with E-state index >= 15 is 0 Å². The van der Waals surface area contributed by atoms with Crippen molar-refractivity contribution in [3.05, 3.63) is 35.4 Å². The summed E-state index contributed by atoms with van der Waals surface area (Å²) in [6, 6.07) is 8.58. The second-order valence-electron chi connectivity index (χ2n) is 8.08. The molecule has 0 bridgehead atoms. The summed E-state index contributed by atoms with van der Waals surface area (Å²) in [6.45, 7) is 13.7. The van der Waals surface area contributed by atoms with E-state index in [9.17, 15) is 5.11 Å². The van der Waals surface area contributed by atoms with Gasteiger partial charge in [-0.3, -0.25) is 9.89 Å². The predicted octanol–water partition coefficient (Wildman–Crippen LogP) is 2.41. The Labute approximate surface area is 176 Å². The fraction of sp³-hybridized carbons (Fsp3) is 0.696. The Kier molecular flexibility index (Phi) is 10.5. The first-order valence-corrected chi connectivity index (χ1v) is 11.1. The molecule has 0 fully saturated rings. The first-order valence-electron chi connectivity index (χ1n) is 11.1. The van der Waals surface area contributed by atoms with Crippen LogP contribution < -0.4 is 10.6 Å². The van der Waals surface area contributed by atoms with Crippen LogP contribution in [0.1, 0.15) is 45.2 Å². The maximum atomic E-state index is 10.5. The molecule has 0 aromatic heterocycles. The molecule has 6 heteroatoms. The van der Waals surface area contributed by atoms with Crippen LogP contribution in [0.25, 0.3) is 0 Å². The normalized spacial score (nSPS) is 17.1. The number of aliphatic imine (C=N–C) groups is 1.